The van der Waals surface area contributed by atoms with Gasteiger partial charge in [-0.1, -0.05) is 97.6 Å². The van der Waals surface area contributed by atoms with Gasteiger partial charge in [-0.3, -0.25) is 0 Å². The Bertz CT molecular complexity index is 1050. The lowest BCUT2D eigenvalue weighted by Gasteiger charge is -2.32. The van der Waals surface area contributed by atoms with Crippen LogP contribution in [-0.2, 0) is 5.41 Å². The van der Waals surface area contributed by atoms with Crippen LogP contribution in [-0.4, -0.2) is 0 Å². The van der Waals surface area contributed by atoms with E-state index in [1.54, 1.807) is 0 Å². The molecule has 2 aromatic rings. The second kappa shape index (κ2) is 7.13. The highest BCUT2D eigenvalue weighted by Gasteiger charge is 2.52. The molecule has 0 nitrogen and oxygen atoms in total. The minimum absolute atomic E-state index is 0.300. The molecule has 2 aromatic carbocycles. The predicted octanol–water partition coefficient (Wildman–Crippen LogP) is 7.47. The van der Waals surface area contributed by atoms with Crippen LogP contribution >= 0.6 is 0 Å². The molecule has 0 aliphatic heterocycles. The molecule has 0 aromatic heterocycles. The quantitative estimate of drug-likeness (QED) is 0.531. The fraction of sp³-hybridized carbons (Fsp3) is 0.143. The summed E-state index contributed by atoms with van der Waals surface area (Å²) in [6, 6.07) is 17.7. The molecule has 0 unspecified atom stereocenters. The van der Waals surface area contributed by atoms with E-state index >= 15 is 0 Å². The highest BCUT2D eigenvalue weighted by molar-refractivity contribution is 5.91. The smallest absolute Gasteiger partial charge is 0.0722 e. The molecule has 0 saturated heterocycles. The molecule has 2 aliphatic rings. The summed E-state index contributed by atoms with van der Waals surface area (Å²) in [5.74, 6) is 0. The Labute approximate surface area is 168 Å². The first-order chi connectivity index (χ1) is 13.7. The molecule has 0 fully saturated rings. The van der Waals surface area contributed by atoms with Gasteiger partial charge in [0.05, 0.1) is 5.41 Å². The second-order valence-corrected chi connectivity index (χ2v) is 7.18. The Hall–Kier alpha value is -3.12. The molecule has 0 atom stereocenters. The van der Waals surface area contributed by atoms with Crippen LogP contribution in [0.2, 0.25) is 0 Å². The Morgan fingerprint density at radius 2 is 1.43 bits per heavy atom. The third-order valence-corrected chi connectivity index (χ3v) is 5.91. The maximum atomic E-state index is 4.26. The number of hydrogen-bond donors (Lipinski definition) is 0. The third-order valence-electron chi connectivity index (χ3n) is 5.91. The van der Waals surface area contributed by atoms with Crippen LogP contribution < -0.4 is 0 Å². The van der Waals surface area contributed by atoms with Crippen LogP contribution in [0.15, 0.2) is 120 Å². The van der Waals surface area contributed by atoms with Gasteiger partial charge in [0.15, 0.2) is 0 Å². The second-order valence-electron chi connectivity index (χ2n) is 7.18. The van der Waals surface area contributed by atoms with E-state index in [-0.39, 0.29) is 5.41 Å². The molecule has 0 saturated carbocycles. The molecule has 1 spiro atoms. The summed E-state index contributed by atoms with van der Waals surface area (Å²) in [4.78, 5) is 0. The number of fused-ring (bicyclic) bond motifs is 5. The van der Waals surface area contributed by atoms with Crippen LogP contribution in [0.3, 0.4) is 0 Å². The van der Waals surface area contributed by atoms with Gasteiger partial charge in [0.1, 0.15) is 0 Å². The van der Waals surface area contributed by atoms with E-state index < -0.39 is 0 Å². The van der Waals surface area contributed by atoms with Gasteiger partial charge in [0.2, 0.25) is 0 Å². The number of allylic oxidation sites excluding steroid dienone is 11. The van der Waals surface area contributed by atoms with Crippen LogP contribution in [0.5, 0.6) is 0 Å². The van der Waals surface area contributed by atoms with Gasteiger partial charge < -0.3 is 0 Å². The molecule has 0 bridgehead atoms. The average Bonchev–Trinajstić information content (AvgIpc) is 3.18. The van der Waals surface area contributed by atoms with Crippen LogP contribution in [0.25, 0.3) is 11.1 Å². The van der Waals surface area contributed by atoms with Crippen LogP contribution in [0.4, 0.5) is 0 Å². The lowest BCUT2D eigenvalue weighted by atomic mass is 9.69. The zero-order chi connectivity index (χ0) is 19.7. The minimum atomic E-state index is -0.300. The average molecular weight is 363 g/mol. The summed E-state index contributed by atoms with van der Waals surface area (Å²) in [6.07, 6.45) is 15.2. The molecule has 0 heteroatoms. The van der Waals surface area contributed by atoms with Gasteiger partial charge in [-0.05, 0) is 65.3 Å². The maximum Gasteiger partial charge on any atom is 0.0722 e. The molecule has 0 heterocycles. The Kier molecular flexibility index (Phi) is 4.65. The molecule has 138 valence electrons. The minimum Gasteiger partial charge on any atom is -0.0987 e. The maximum absolute atomic E-state index is 4.26. The first-order valence-electron chi connectivity index (χ1n) is 9.95. The van der Waals surface area contributed by atoms with Crippen LogP contribution in [0, 0.1) is 0 Å². The molecular weight excluding hydrogens is 336 g/mol. The van der Waals surface area contributed by atoms with Crippen molar-refractivity contribution in [1.82, 2.24) is 0 Å². The van der Waals surface area contributed by atoms with E-state index in [2.05, 4.69) is 118 Å². The van der Waals surface area contributed by atoms with Gasteiger partial charge in [-0.15, -0.1) is 0 Å². The summed E-state index contributed by atoms with van der Waals surface area (Å²) in [7, 11) is 0. The Morgan fingerprint density at radius 3 is 1.93 bits per heavy atom. The van der Waals surface area contributed by atoms with Crippen molar-refractivity contribution in [3.63, 3.8) is 0 Å². The standard InChI is InChI=1S/C28H26/c1-5-9-15-21-20(14-6-2)24(7-3)28(25(21)8-4)26-18-12-10-16-22(26)23-17-11-13-19-27(23)28/h5-19H,3H2,1-2,4H3/b9-5+,14-6-,21-15-,25-8+. The first-order valence-corrected chi connectivity index (χ1v) is 9.95. The summed E-state index contributed by atoms with van der Waals surface area (Å²) in [6.45, 7) is 10.6. The van der Waals surface area contributed by atoms with Crippen molar-refractivity contribution >= 4 is 0 Å². The van der Waals surface area contributed by atoms with E-state index in [1.165, 1.54) is 44.5 Å². The SMILES string of the molecule is C=CC1=C(/C=C\C)C(=C/C=C/C)/C(=C\C)C12c1ccccc1-c1ccccc12. The van der Waals surface area contributed by atoms with Crippen molar-refractivity contribution in [2.75, 3.05) is 0 Å². The monoisotopic (exact) mass is 362 g/mol. The zero-order valence-electron chi connectivity index (χ0n) is 16.9. The van der Waals surface area contributed by atoms with Crippen molar-refractivity contribution in [1.29, 1.82) is 0 Å². The highest BCUT2D eigenvalue weighted by atomic mass is 14.5. The summed E-state index contributed by atoms with van der Waals surface area (Å²) < 4.78 is 0. The van der Waals surface area contributed by atoms with Gasteiger partial charge in [0, 0.05) is 0 Å². The number of benzene rings is 2. The molecule has 2 aliphatic carbocycles. The zero-order valence-corrected chi connectivity index (χ0v) is 16.9. The molecule has 0 amide bonds. The lowest BCUT2D eigenvalue weighted by Crippen LogP contribution is -2.26. The molecular formula is C28H26. The fourth-order valence-electron chi connectivity index (χ4n) is 5.01. The van der Waals surface area contributed by atoms with E-state index in [0.29, 0.717) is 0 Å². The Morgan fingerprint density at radius 1 is 0.821 bits per heavy atom. The molecule has 0 N–H and O–H groups in total. The van der Waals surface area contributed by atoms with Crippen molar-refractivity contribution in [2.45, 2.75) is 26.2 Å². The number of rotatable bonds is 3. The van der Waals surface area contributed by atoms with Crippen molar-refractivity contribution in [3.8, 4) is 11.1 Å². The highest BCUT2D eigenvalue weighted by Crippen LogP contribution is 2.63. The summed E-state index contributed by atoms with van der Waals surface area (Å²) in [5.41, 5.74) is 10.2. The first kappa shape index (κ1) is 18.3. The summed E-state index contributed by atoms with van der Waals surface area (Å²) in [5, 5.41) is 0. The fourth-order valence-corrected chi connectivity index (χ4v) is 5.01. The van der Waals surface area contributed by atoms with Gasteiger partial charge in [0.25, 0.3) is 0 Å². The lowest BCUT2D eigenvalue weighted by molar-refractivity contribution is 0.781. The van der Waals surface area contributed by atoms with Gasteiger partial charge in [-0.25, -0.2) is 0 Å². The molecule has 4 rings (SSSR count). The van der Waals surface area contributed by atoms with E-state index in [0.717, 1.165) is 0 Å². The number of hydrogen-bond acceptors (Lipinski definition) is 0. The third kappa shape index (κ3) is 2.24. The van der Waals surface area contributed by atoms with Gasteiger partial charge >= 0.3 is 0 Å². The van der Waals surface area contributed by atoms with Crippen LogP contribution in [0.1, 0.15) is 31.9 Å². The van der Waals surface area contributed by atoms with E-state index in [4.69, 9.17) is 0 Å². The largest absolute Gasteiger partial charge is 0.0987 e. The normalized spacial score (nSPS) is 20.1. The molecule has 0 radical (unpaired) electrons. The molecule has 28 heavy (non-hydrogen) atoms. The van der Waals surface area contributed by atoms with E-state index in [1.807, 2.05) is 0 Å². The predicted molar refractivity (Wildman–Crippen MR) is 121 cm³/mol. The van der Waals surface area contributed by atoms with Crippen molar-refractivity contribution < 1.29 is 0 Å². The van der Waals surface area contributed by atoms with Crippen molar-refractivity contribution in [2.24, 2.45) is 0 Å². The Balaban J connectivity index is 2.21. The van der Waals surface area contributed by atoms with Gasteiger partial charge in [-0.2, -0.15) is 0 Å². The van der Waals surface area contributed by atoms with E-state index in [9.17, 15) is 0 Å². The summed E-state index contributed by atoms with van der Waals surface area (Å²) >= 11 is 0. The van der Waals surface area contributed by atoms with Crippen molar-refractivity contribution in [3.05, 3.63) is 131 Å². The topological polar surface area (TPSA) is 0 Å².